The number of carbonyl (C=O) groups excluding carboxylic acids is 3. The summed E-state index contributed by atoms with van der Waals surface area (Å²) in [6.45, 7) is -0.485. The zero-order valence-electron chi connectivity index (χ0n) is 16.3. The highest BCUT2D eigenvalue weighted by molar-refractivity contribution is 6.36. The van der Waals surface area contributed by atoms with E-state index in [1.54, 1.807) is 30.3 Å². The van der Waals surface area contributed by atoms with E-state index in [9.17, 15) is 24.5 Å². The number of amides is 3. The second kappa shape index (κ2) is 8.48. The fourth-order valence-electron chi connectivity index (χ4n) is 3.23. The number of ether oxygens (including phenoxy) is 1. The van der Waals surface area contributed by atoms with Gasteiger partial charge in [0, 0.05) is 6.07 Å². The largest absolute Gasteiger partial charge is 0.477 e. The Morgan fingerprint density at radius 2 is 1.62 bits per heavy atom. The predicted molar refractivity (Wildman–Crippen MR) is 116 cm³/mol. The number of nitro groups is 1. The van der Waals surface area contributed by atoms with Crippen LogP contribution in [0, 0.1) is 10.1 Å². The molecule has 3 amide bonds. The van der Waals surface area contributed by atoms with Gasteiger partial charge in [-0.15, -0.1) is 0 Å². The SMILES string of the molecule is O=C(COc1ccccc1[N+](=O)[O-])Nc1ccc(N2C(=O)c3ccccc3C2=O)cc1Cl. The molecule has 0 radical (unpaired) electrons. The van der Waals surface area contributed by atoms with Gasteiger partial charge in [-0.25, -0.2) is 4.90 Å². The molecule has 0 saturated heterocycles. The Morgan fingerprint density at radius 3 is 2.25 bits per heavy atom. The summed E-state index contributed by atoms with van der Waals surface area (Å²) in [5, 5.41) is 13.6. The lowest BCUT2D eigenvalue weighted by Crippen LogP contribution is -2.29. The molecule has 0 saturated carbocycles. The van der Waals surface area contributed by atoms with Crippen molar-refractivity contribution in [3.63, 3.8) is 0 Å². The van der Waals surface area contributed by atoms with Gasteiger partial charge in [-0.3, -0.25) is 24.5 Å². The van der Waals surface area contributed by atoms with Crippen molar-refractivity contribution in [2.24, 2.45) is 0 Å². The van der Waals surface area contributed by atoms with Gasteiger partial charge < -0.3 is 10.1 Å². The first-order valence-electron chi connectivity index (χ1n) is 9.30. The smallest absolute Gasteiger partial charge is 0.310 e. The molecule has 9 nitrogen and oxygen atoms in total. The lowest BCUT2D eigenvalue weighted by atomic mass is 10.1. The molecular formula is C22H14ClN3O6. The van der Waals surface area contributed by atoms with Crippen LogP contribution in [0.4, 0.5) is 17.1 Å². The van der Waals surface area contributed by atoms with Gasteiger partial charge >= 0.3 is 5.69 Å². The van der Waals surface area contributed by atoms with E-state index in [0.29, 0.717) is 11.1 Å². The van der Waals surface area contributed by atoms with Gasteiger partial charge in [-0.1, -0.05) is 35.9 Å². The lowest BCUT2D eigenvalue weighted by molar-refractivity contribution is -0.385. The summed E-state index contributed by atoms with van der Waals surface area (Å²) in [6, 6.07) is 16.5. The molecule has 0 fully saturated rings. The first-order valence-corrected chi connectivity index (χ1v) is 9.68. The number of benzene rings is 3. The molecule has 1 N–H and O–H groups in total. The molecule has 0 atom stereocenters. The van der Waals surface area contributed by atoms with Crippen molar-refractivity contribution in [1.82, 2.24) is 0 Å². The number of halogens is 1. The number of hydrogen-bond donors (Lipinski definition) is 1. The van der Waals surface area contributed by atoms with E-state index in [0.717, 1.165) is 4.90 Å². The van der Waals surface area contributed by atoms with Gasteiger partial charge in [0.1, 0.15) is 0 Å². The van der Waals surface area contributed by atoms with Crippen LogP contribution in [0.5, 0.6) is 5.75 Å². The summed E-state index contributed by atoms with van der Waals surface area (Å²) in [5.74, 6) is -1.56. The van der Waals surface area contributed by atoms with Crippen molar-refractivity contribution in [3.8, 4) is 5.75 Å². The molecule has 1 heterocycles. The molecule has 32 heavy (non-hydrogen) atoms. The van der Waals surface area contributed by atoms with E-state index in [2.05, 4.69) is 5.32 Å². The Hall–Kier alpha value is -4.24. The number of para-hydroxylation sites is 2. The third-order valence-corrected chi connectivity index (χ3v) is 5.01. The molecule has 3 aromatic carbocycles. The average Bonchev–Trinajstić information content (AvgIpc) is 3.04. The second-order valence-electron chi connectivity index (χ2n) is 6.72. The van der Waals surface area contributed by atoms with E-state index >= 15 is 0 Å². The molecule has 0 aliphatic carbocycles. The normalized spacial score (nSPS) is 12.5. The van der Waals surface area contributed by atoms with Crippen LogP contribution in [0.25, 0.3) is 0 Å². The predicted octanol–water partition coefficient (Wildman–Crippen LogP) is 4.07. The molecule has 1 aliphatic rings. The Labute approximate surface area is 186 Å². The fourth-order valence-corrected chi connectivity index (χ4v) is 3.45. The number of anilines is 2. The number of nitro benzene ring substituents is 1. The topological polar surface area (TPSA) is 119 Å². The zero-order valence-corrected chi connectivity index (χ0v) is 17.0. The number of nitrogens with zero attached hydrogens (tertiary/aromatic N) is 2. The van der Waals surface area contributed by atoms with E-state index in [-0.39, 0.29) is 27.8 Å². The van der Waals surface area contributed by atoms with Gasteiger partial charge in [-0.2, -0.15) is 0 Å². The van der Waals surface area contributed by atoms with Crippen LogP contribution in [0.3, 0.4) is 0 Å². The molecule has 0 unspecified atom stereocenters. The third-order valence-electron chi connectivity index (χ3n) is 4.70. The van der Waals surface area contributed by atoms with Gasteiger partial charge in [0.15, 0.2) is 12.4 Å². The van der Waals surface area contributed by atoms with Crippen molar-refractivity contribution >= 4 is 46.4 Å². The van der Waals surface area contributed by atoms with Crippen LogP contribution in [0.15, 0.2) is 66.7 Å². The van der Waals surface area contributed by atoms with Crippen LogP contribution < -0.4 is 15.0 Å². The summed E-state index contributed by atoms with van der Waals surface area (Å²) in [7, 11) is 0. The molecule has 0 spiro atoms. The van der Waals surface area contributed by atoms with Gasteiger partial charge in [0.2, 0.25) is 0 Å². The Kier molecular flexibility index (Phi) is 5.57. The standard InChI is InChI=1S/C22H14ClN3O6/c23-16-11-13(25-21(28)14-5-1-2-6-15(14)22(25)29)9-10-17(16)24-20(27)12-32-19-8-4-3-7-18(19)26(30)31/h1-11H,12H2,(H,24,27). The Balaban J connectivity index is 1.46. The highest BCUT2D eigenvalue weighted by Crippen LogP contribution is 2.33. The van der Waals surface area contributed by atoms with Gasteiger partial charge in [0.05, 0.1) is 32.4 Å². The van der Waals surface area contributed by atoms with Crippen molar-refractivity contribution in [2.75, 3.05) is 16.8 Å². The minimum atomic E-state index is -0.609. The summed E-state index contributed by atoms with van der Waals surface area (Å²) in [4.78, 5) is 48.9. The maximum absolute atomic E-state index is 12.6. The molecule has 1 aliphatic heterocycles. The zero-order chi connectivity index (χ0) is 22.8. The number of nitrogens with one attached hydrogen (secondary N) is 1. The van der Waals surface area contributed by atoms with Crippen molar-refractivity contribution in [2.45, 2.75) is 0 Å². The monoisotopic (exact) mass is 451 g/mol. The Bertz CT molecular complexity index is 1240. The fraction of sp³-hybridized carbons (Fsp3) is 0.0455. The summed E-state index contributed by atoms with van der Waals surface area (Å²) < 4.78 is 5.25. The minimum absolute atomic E-state index is 0.0419. The molecule has 160 valence electrons. The summed E-state index contributed by atoms with van der Waals surface area (Å²) >= 11 is 6.25. The highest BCUT2D eigenvalue weighted by atomic mass is 35.5. The number of fused-ring (bicyclic) bond motifs is 1. The first kappa shape index (κ1) is 21.0. The molecule has 3 aromatic rings. The Morgan fingerprint density at radius 1 is 1.00 bits per heavy atom. The van der Waals surface area contributed by atoms with Crippen molar-refractivity contribution in [3.05, 3.63) is 93.0 Å². The molecule has 0 aromatic heterocycles. The van der Waals surface area contributed by atoms with Gasteiger partial charge in [0.25, 0.3) is 17.7 Å². The minimum Gasteiger partial charge on any atom is -0.477 e. The van der Waals surface area contributed by atoms with Gasteiger partial charge in [-0.05, 0) is 36.4 Å². The van der Waals surface area contributed by atoms with E-state index in [1.807, 2.05) is 0 Å². The number of rotatable bonds is 6. The molecule has 0 bridgehead atoms. The lowest BCUT2D eigenvalue weighted by Gasteiger charge is -2.16. The van der Waals surface area contributed by atoms with Crippen LogP contribution >= 0.6 is 11.6 Å². The molecular weight excluding hydrogens is 438 g/mol. The van der Waals surface area contributed by atoms with E-state index < -0.39 is 29.3 Å². The van der Waals surface area contributed by atoms with Crippen LogP contribution in [0.2, 0.25) is 5.02 Å². The maximum Gasteiger partial charge on any atom is 0.310 e. The maximum atomic E-state index is 12.6. The van der Waals surface area contributed by atoms with E-state index in [1.165, 1.54) is 36.4 Å². The van der Waals surface area contributed by atoms with Crippen LogP contribution in [-0.4, -0.2) is 29.3 Å². The summed E-state index contributed by atoms with van der Waals surface area (Å²) in [5.41, 5.74) is 0.832. The van der Waals surface area contributed by atoms with Crippen LogP contribution in [0.1, 0.15) is 20.7 Å². The number of carbonyl (C=O) groups is 3. The van der Waals surface area contributed by atoms with Crippen molar-refractivity contribution in [1.29, 1.82) is 0 Å². The molecule has 10 heteroatoms. The second-order valence-corrected chi connectivity index (χ2v) is 7.12. The van der Waals surface area contributed by atoms with E-state index in [4.69, 9.17) is 16.3 Å². The quantitative estimate of drug-likeness (QED) is 0.343. The summed E-state index contributed by atoms with van der Waals surface area (Å²) in [6.07, 6.45) is 0. The van der Waals surface area contributed by atoms with Crippen LogP contribution in [-0.2, 0) is 4.79 Å². The first-order chi connectivity index (χ1) is 15.4. The third kappa shape index (κ3) is 3.88. The molecule has 4 rings (SSSR count). The average molecular weight is 452 g/mol. The number of imide groups is 1. The van der Waals surface area contributed by atoms with Crippen molar-refractivity contribution < 1.29 is 24.0 Å². The number of hydrogen-bond acceptors (Lipinski definition) is 6. The highest BCUT2D eigenvalue weighted by Gasteiger charge is 2.36.